The Bertz CT molecular complexity index is 4320. The van der Waals surface area contributed by atoms with Gasteiger partial charge in [-0.25, -0.2) is 19.9 Å². The summed E-state index contributed by atoms with van der Waals surface area (Å²) in [5.74, 6) is -3.90. The monoisotopic (exact) mass is 1860 g/mol. The number of benzene rings is 4. The molecule has 0 bridgehead atoms. The zero-order valence-corrected chi connectivity index (χ0v) is 74.3. The number of methoxy groups -OCH3 is 3. The van der Waals surface area contributed by atoms with E-state index >= 15 is 0 Å². The molecule has 113 heavy (non-hydrogen) atoms. The second-order valence-electron chi connectivity index (χ2n) is 23.4. The average Bonchev–Trinajstić information content (AvgIpc) is 1.69. The molecule has 4 aromatic heterocycles. The largest absolute Gasteiger partial charge is 1.00 e. The first-order valence-electron chi connectivity index (χ1n) is 34.5. The molecule has 8 aromatic rings. The van der Waals surface area contributed by atoms with Crippen molar-refractivity contribution in [2.75, 3.05) is 69.4 Å². The van der Waals surface area contributed by atoms with Gasteiger partial charge in [0, 0.05) is 40.0 Å². The minimum atomic E-state index is -1.22. The van der Waals surface area contributed by atoms with Crippen molar-refractivity contribution in [1.29, 1.82) is 0 Å². The molecule has 0 saturated carbocycles. The van der Waals surface area contributed by atoms with Gasteiger partial charge in [-0.3, -0.25) is 38.4 Å². The summed E-state index contributed by atoms with van der Waals surface area (Å²) in [7, 11) is 3.96. The molecule has 0 aliphatic carbocycles. The molecule has 8 rings (SSSR count). The number of carboxylic acid groups (broad SMARTS) is 1. The summed E-state index contributed by atoms with van der Waals surface area (Å²) < 4.78 is 36.8. The molecule has 38 heteroatoms. The standard InChI is InChI=1S/C19H22Cl2N2O4S.C19H23ClN2O4S.C18H20Cl2N2O4S.C13H20N2O4S.C6H4ClI.Li.2H2O/c1-4-19(17(25)27-5-2,11-10-14(24)26-3)15-16(21)28-18(23-15)22-13-9-7-6-8-12(13)20;1-4-19(17(24)26-5-2,11-10-16(23)25-3)15-12-27-18(22-15)21-14-9-7-6-8-13(14)20;1-3-18(10-9-13(23)24,16(25)26-4-2)14-15(20)27-17(22-14)21-12-8-6-5-7-11(12)19;1-4-13(11(17)19-5-2,7-6-10(16)18-3)9-8-20-12(14)15-9;7-5-3-1-2-4-6(5)8;;;/h6-9H,4-5,10-11H2,1-3H3,(H,22,23);6-9,12H,4-5,10-11H2,1-3H3,(H,21,22);5-8H,3-4,9-10H2,1-2H3,(H,21,22)(H,23,24);8H,4-7H2,1-3H3,(H2,14,15);1-4H;;2*1H2/q;;;;;+1;;/p-1. The van der Waals surface area contributed by atoms with Crippen molar-refractivity contribution in [3.8, 4) is 0 Å². The quantitative estimate of drug-likeness (QED) is 0.0108. The van der Waals surface area contributed by atoms with E-state index in [2.05, 4.69) is 63.2 Å². The van der Waals surface area contributed by atoms with E-state index in [-0.39, 0.29) is 131 Å². The third kappa shape index (κ3) is 30.1. The molecule has 9 N–H and O–H groups in total. The molecule has 4 heterocycles. The Labute approximate surface area is 729 Å². The normalized spacial score (nSPS) is 12.4. The maximum absolute atomic E-state index is 12.9. The summed E-state index contributed by atoms with van der Waals surface area (Å²) >= 11 is 44.3. The Balaban J connectivity index is 0.000000725. The molecular formula is C75H92Cl6ILiN8O18S4. The van der Waals surface area contributed by atoms with Gasteiger partial charge in [0.1, 0.15) is 30.3 Å². The van der Waals surface area contributed by atoms with Crippen LogP contribution in [0.5, 0.6) is 0 Å². The minimum Gasteiger partial charge on any atom is -0.870 e. The number of aliphatic carboxylic acids is 1. The Morgan fingerprint density at radius 2 is 0.743 bits per heavy atom. The Morgan fingerprint density at radius 3 is 1.04 bits per heavy atom. The van der Waals surface area contributed by atoms with Crippen LogP contribution in [0.3, 0.4) is 0 Å². The summed E-state index contributed by atoms with van der Waals surface area (Å²) in [4.78, 5) is 114. The number of nitrogens with one attached hydrogen (secondary N) is 3. The molecule has 0 radical (unpaired) electrons. The number of carbonyl (C=O) groups excluding carboxylic acids is 7. The summed E-state index contributed by atoms with van der Waals surface area (Å²) in [6, 6.07) is 29.5. The number of nitrogens with zero attached hydrogens (tertiary/aromatic N) is 4. The number of rotatable bonds is 34. The van der Waals surface area contributed by atoms with Gasteiger partial charge < -0.3 is 70.9 Å². The van der Waals surface area contributed by atoms with E-state index in [1.54, 1.807) is 64.3 Å². The van der Waals surface area contributed by atoms with Crippen molar-refractivity contribution < 1.29 is 106 Å². The topological polar surface area (TPSA) is 397 Å². The molecule has 4 aromatic carbocycles. The Kier molecular flexibility index (Phi) is 48.8. The fraction of sp³-hybridized carbons (Fsp3) is 0.413. The SMILES string of the molecule is CCOC(=O)C(CC)(CCC(=O)O)c1nc(Nc2ccccc2Cl)sc1Cl.CCOC(=O)C(CC)(CCC(=O)OC)c1csc(N)n1.CCOC(=O)C(CC)(CCC(=O)OC)c1csc(Nc2ccccc2Cl)n1.CCOC(=O)C(CC)(CCC(=O)OC)c1nc(Nc2ccccc2Cl)sc1Cl.Clc1ccccc1I.O.[Li+].[OH-]. The molecule has 0 saturated heterocycles. The molecule has 0 aliphatic heterocycles. The van der Waals surface area contributed by atoms with E-state index in [4.69, 9.17) is 109 Å². The van der Waals surface area contributed by atoms with Gasteiger partial charge in [-0.05, 0) is 150 Å². The van der Waals surface area contributed by atoms with E-state index in [0.29, 0.717) is 104 Å². The smallest absolute Gasteiger partial charge is 0.870 e. The van der Waals surface area contributed by atoms with Crippen molar-refractivity contribution in [2.24, 2.45) is 0 Å². The first kappa shape index (κ1) is 104. The molecule has 26 nitrogen and oxygen atoms in total. The average molecular weight is 1870 g/mol. The van der Waals surface area contributed by atoms with Crippen LogP contribution in [0.15, 0.2) is 108 Å². The summed E-state index contributed by atoms with van der Waals surface area (Å²) in [5, 5.41) is 26.4. The number of nitrogens with two attached hydrogens (primary N) is 1. The second kappa shape index (κ2) is 52.8. The van der Waals surface area contributed by atoms with Crippen LogP contribution >= 0.6 is 138 Å². The minimum absolute atomic E-state index is 0. The van der Waals surface area contributed by atoms with Gasteiger partial charge in [-0.15, -0.1) is 22.7 Å². The van der Waals surface area contributed by atoms with Crippen LogP contribution in [-0.4, -0.2) is 132 Å². The summed E-state index contributed by atoms with van der Waals surface area (Å²) in [5.41, 5.74) is 5.25. The van der Waals surface area contributed by atoms with Gasteiger partial charge in [0.25, 0.3) is 0 Å². The molecule has 614 valence electrons. The van der Waals surface area contributed by atoms with Gasteiger partial charge in [-0.2, -0.15) is 0 Å². The van der Waals surface area contributed by atoms with Crippen LogP contribution in [0.25, 0.3) is 0 Å². The number of halogens is 7. The first-order chi connectivity index (χ1) is 52.5. The molecule has 0 amide bonds. The Morgan fingerprint density at radius 1 is 0.442 bits per heavy atom. The Hall–Kier alpha value is -6.65. The second-order valence-corrected chi connectivity index (χ2v) is 31.1. The zero-order chi connectivity index (χ0) is 81.8. The number of ether oxygens (including phenoxy) is 7. The fourth-order valence-corrected chi connectivity index (χ4v) is 15.8. The predicted molar refractivity (Wildman–Crippen MR) is 452 cm³/mol. The number of aromatic nitrogens is 4. The first-order valence-corrected chi connectivity index (χ1v) is 41.3. The van der Waals surface area contributed by atoms with Crippen LogP contribution in [0, 0.1) is 3.57 Å². The third-order valence-corrected chi connectivity index (χ3v) is 23.4. The number of esters is 7. The van der Waals surface area contributed by atoms with Gasteiger partial charge in [-0.1, -0.05) is 169 Å². The van der Waals surface area contributed by atoms with Gasteiger partial charge >= 0.3 is 66.6 Å². The molecule has 0 fully saturated rings. The van der Waals surface area contributed by atoms with E-state index < -0.39 is 45.5 Å². The van der Waals surface area contributed by atoms with Crippen LogP contribution in [0.4, 0.5) is 37.6 Å². The van der Waals surface area contributed by atoms with E-state index in [1.807, 2.05) is 98.9 Å². The van der Waals surface area contributed by atoms with Gasteiger partial charge in [0.05, 0.1) is 108 Å². The van der Waals surface area contributed by atoms with E-state index in [0.717, 1.165) is 25.6 Å². The maximum Gasteiger partial charge on any atom is 1.00 e. The predicted octanol–water partition coefficient (Wildman–Crippen LogP) is 16.2. The molecule has 4 unspecified atom stereocenters. The van der Waals surface area contributed by atoms with Crippen molar-refractivity contribution in [2.45, 2.75) is 154 Å². The van der Waals surface area contributed by atoms with Crippen LogP contribution in [-0.2, 0) is 93.2 Å². The molecule has 0 aliphatic rings. The summed E-state index contributed by atoms with van der Waals surface area (Å²) in [6.07, 6.45) is 2.49. The molecule has 4 atom stereocenters. The number of carboxylic acids is 1. The molecule has 0 spiro atoms. The van der Waals surface area contributed by atoms with Crippen LogP contribution in [0.2, 0.25) is 28.8 Å². The number of carbonyl (C=O) groups is 8. The fourth-order valence-electron chi connectivity index (χ4n) is 10.8. The van der Waals surface area contributed by atoms with E-state index in [1.165, 1.54) is 55.3 Å². The van der Waals surface area contributed by atoms with Crippen molar-refractivity contribution >= 4 is 223 Å². The van der Waals surface area contributed by atoms with Crippen molar-refractivity contribution in [3.05, 3.63) is 163 Å². The third-order valence-electron chi connectivity index (χ3n) is 17.1. The number of thiazole rings is 4. The van der Waals surface area contributed by atoms with Crippen molar-refractivity contribution in [3.63, 3.8) is 0 Å². The van der Waals surface area contributed by atoms with Gasteiger partial charge in [0.15, 0.2) is 20.5 Å². The number of nitrogen functional groups attached to an aromatic ring is 1. The van der Waals surface area contributed by atoms with Crippen LogP contribution in [0.1, 0.15) is 155 Å². The molecular weight excluding hydrogens is 1780 g/mol. The summed E-state index contributed by atoms with van der Waals surface area (Å²) in [6.45, 7) is 15.2. The maximum atomic E-state index is 12.9. The van der Waals surface area contributed by atoms with Crippen LogP contribution < -0.4 is 40.5 Å². The number of anilines is 7. The van der Waals surface area contributed by atoms with Crippen molar-refractivity contribution in [1.82, 2.24) is 19.9 Å². The number of hydrogen-bond donors (Lipinski definition) is 5. The zero-order valence-electron chi connectivity index (χ0n) is 64.4. The van der Waals surface area contributed by atoms with Gasteiger partial charge in [0.2, 0.25) is 0 Å². The number of hydrogen-bond acceptors (Lipinski definition) is 28. The number of para-hydroxylation sites is 3. The van der Waals surface area contributed by atoms with E-state index in [9.17, 15) is 38.4 Å².